The number of fused-ring (bicyclic) bond motifs is 1. The van der Waals surface area contributed by atoms with Gasteiger partial charge in [0, 0.05) is 46.3 Å². The van der Waals surface area contributed by atoms with E-state index in [1.54, 1.807) is 6.20 Å². The summed E-state index contributed by atoms with van der Waals surface area (Å²) in [6.07, 6.45) is 6.34. The van der Waals surface area contributed by atoms with Gasteiger partial charge < -0.3 is 11.1 Å². The van der Waals surface area contributed by atoms with Crippen LogP contribution in [-0.4, -0.2) is 22.5 Å². The van der Waals surface area contributed by atoms with Gasteiger partial charge >= 0.3 is 0 Å². The van der Waals surface area contributed by atoms with Crippen molar-refractivity contribution in [1.29, 1.82) is 0 Å². The topological polar surface area (TPSA) is 50.9 Å². The molecule has 0 bridgehead atoms. The van der Waals surface area contributed by atoms with Gasteiger partial charge in [-0.1, -0.05) is 0 Å². The summed E-state index contributed by atoms with van der Waals surface area (Å²) in [5.74, 6) is 1.30. The fourth-order valence-electron chi connectivity index (χ4n) is 2.40. The molecule has 3 N–H and O–H groups in total. The predicted octanol–water partition coefficient (Wildman–Crippen LogP) is 3.12. The van der Waals surface area contributed by atoms with Gasteiger partial charge in [-0.25, -0.2) is 0 Å². The Morgan fingerprint density at radius 1 is 1.33 bits per heavy atom. The lowest BCUT2D eigenvalue weighted by Gasteiger charge is -2.14. The SMILES string of the molecule is Nc1ccc(NCC2CCCS2)c2cnccc12. The lowest BCUT2D eigenvalue weighted by Crippen LogP contribution is -2.13. The zero-order valence-corrected chi connectivity index (χ0v) is 11.0. The van der Waals surface area contributed by atoms with Gasteiger partial charge in [0.25, 0.3) is 0 Å². The maximum absolute atomic E-state index is 5.98. The number of pyridine rings is 1. The molecule has 18 heavy (non-hydrogen) atoms. The van der Waals surface area contributed by atoms with Crippen molar-refractivity contribution >= 4 is 33.9 Å². The van der Waals surface area contributed by atoms with Crippen molar-refractivity contribution in [2.75, 3.05) is 23.3 Å². The number of nitrogen functional groups attached to an aromatic ring is 1. The minimum Gasteiger partial charge on any atom is -0.398 e. The second-order valence-electron chi connectivity index (χ2n) is 4.64. The quantitative estimate of drug-likeness (QED) is 0.832. The Balaban J connectivity index is 1.85. The van der Waals surface area contributed by atoms with E-state index in [1.165, 1.54) is 18.6 Å². The molecule has 1 aliphatic rings. The molecule has 2 heterocycles. The third-order valence-electron chi connectivity index (χ3n) is 3.40. The molecule has 3 nitrogen and oxygen atoms in total. The number of aromatic nitrogens is 1. The highest BCUT2D eigenvalue weighted by Gasteiger charge is 2.15. The molecule has 0 saturated carbocycles. The minimum absolute atomic E-state index is 0.745. The van der Waals surface area contributed by atoms with Crippen LogP contribution in [0.25, 0.3) is 10.8 Å². The smallest absolute Gasteiger partial charge is 0.0437 e. The molecule has 3 rings (SSSR count). The van der Waals surface area contributed by atoms with Crippen LogP contribution in [0.4, 0.5) is 11.4 Å². The molecule has 1 atom stereocenters. The van der Waals surface area contributed by atoms with Crippen LogP contribution in [0.15, 0.2) is 30.6 Å². The predicted molar refractivity (Wildman–Crippen MR) is 80.1 cm³/mol. The van der Waals surface area contributed by atoms with Crippen LogP contribution in [0.3, 0.4) is 0 Å². The van der Waals surface area contributed by atoms with Gasteiger partial charge in [0.05, 0.1) is 0 Å². The lowest BCUT2D eigenvalue weighted by atomic mass is 10.1. The van der Waals surface area contributed by atoms with Crippen LogP contribution in [0.5, 0.6) is 0 Å². The highest BCUT2D eigenvalue weighted by molar-refractivity contribution is 8.00. The molecule has 0 spiro atoms. The number of thioether (sulfide) groups is 1. The molecule has 1 aromatic heterocycles. The zero-order chi connectivity index (χ0) is 12.4. The molecule has 1 unspecified atom stereocenters. The third-order valence-corrected chi connectivity index (χ3v) is 4.79. The summed E-state index contributed by atoms with van der Waals surface area (Å²) < 4.78 is 0. The van der Waals surface area contributed by atoms with Crippen molar-refractivity contribution in [2.45, 2.75) is 18.1 Å². The fourth-order valence-corrected chi connectivity index (χ4v) is 3.60. The number of hydrogen-bond acceptors (Lipinski definition) is 4. The second kappa shape index (κ2) is 5.06. The Labute approximate surface area is 111 Å². The monoisotopic (exact) mass is 259 g/mol. The Bertz CT molecular complexity index is 550. The normalized spacial score (nSPS) is 19.2. The summed E-state index contributed by atoms with van der Waals surface area (Å²) in [6, 6.07) is 5.99. The molecule has 0 aliphatic carbocycles. The van der Waals surface area contributed by atoms with Crippen LogP contribution < -0.4 is 11.1 Å². The first kappa shape index (κ1) is 11.7. The summed E-state index contributed by atoms with van der Waals surface area (Å²) >= 11 is 2.07. The number of nitrogens with two attached hydrogens (primary N) is 1. The number of hydrogen-bond donors (Lipinski definition) is 2. The van der Waals surface area contributed by atoms with E-state index in [2.05, 4.69) is 28.1 Å². The molecule has 4 heteroatoms. The van der Waals surface area contributed by atoms with Gasteiger partial charge in [-0.05, 0) is 36.8 Å². The van der Waals surface area contributed by atoms with E-state index in [1.807, 2.05) is 18.3 Å². The Morgan fingerprint density at radius 3 is 3.11 bits per heavy atom. The van der Waals surface area contributed by atoms with E-state index in [-0.39, 0.29) is 0 Å². The summed E-state index contributed by atoms with van der Waals surface area (Å²) in [4.78, 5) is 4.19. The van der Waals surface area contributed by atoms with Gasteiger partial charge in [0.1, 0.15) is 0 Å². The van der Waals surface area contributed by atoms with E-state index in [9.17, 15) is 0 Å². The second-order valence-corrected chi connectivity index (χ2v) is 6.05. The number of benzene rings is 1. The average molecular weight is 259 g/mol. The van der Waals surface area contributed by atoms with Gasteiger partial charge in [-0.2, -0.15) is 11.8 Å². The van der Waals surface area contributed by atoms with Crippen molar-refractivity contribution < 1.29 is 0 Å². The molecule has 2 aromatic rings. The number of nitrogens with one attached hydrogen (secondary N) is 1. The molecular weight excluding hydrogens is 242 g/mol. The summed E-state index contributed by atoms with van der Waals surface area (Å²) in [5, 5.41) is 6.47. The molecule has 1 aliphatic heterocycles. The van der Waals surface area contributed by atoms with E-state index in [0.717, 1.165) is 33.9 Å². The van der Waals surface area contributed by atoms with Crippen LogP contribution in [0.2, 0.25) is 0 Å². The van der Waals surface area contributed by atoms with E-state index in [0.29, 0.717) is 0 Å². The molecule has 0 amide bonds. The zero-order valence-electron chi connectivity index (χ0n) is 10.2. The van der Waals surface area contributed by atoms with Crippen molar-refractivity contribution in [3.8, 4) is 0 Å². The Hall–Kier alpha value is -1.42. The highest BCUT2D eigenvalue weighted by Crippen LogP contribution is 2.30. The minimum atomic E-state index is 0.745. The maximum atomic E-state index is 5.98. The van der Waals surface area contributed by atoms with Crippen LogP contribution >= 0.6 is 11.8 Å². The van der Waals surface area contributed by atoms with Crippen molar-refractivity contribution in [1.82, 2.24) is 4.98 Å². The van der Waals surface area contributed by atoms with Crippen LogP contribution in [0.1, 0.15) is 12.8 Å². The van der Waals surface area contributed by atoms with Crippen molar-refractivity contribution in [3.05, 3.63) is 30.6 Å². The standard InChI is InChI=1S/C14H17N3S/c15-13-3-4-14(12-9-16-6-5-11(12)13)17-8-10-2-1-7-18-10/h3-6,9-10,17H,1-2,7-8,15H2. The summed E-state index contributed by atoms with van der Waals surface area (Å²) in [5.41, 5.74) is 7.94. The summed E-state index contributed by atoms with van der Waals surface area (Å²) in [7, 11) is 0. The summed E-state index contributed by atoms with van der Waals surface area (Å²) in [6.45, 7) is 1.03. The molecule has 1 saturated heterocycles. The average Bonchev–Trinajstić information content (AvgIpc) is 2.92. The van der Waals surface area contributed by atoms with Gasteiger partial charge in [0.15, 0.2) is 0 Å². The lowest BCUT2D eigenvalue weighted by molar-refractivity contribution is 0.806. The highest BCUT2D eigenvalue weighted by atomic mass is 32.2. The van der Waals surface area contributed by atoms with E-state index >= 15 is 0 Å². The van der Waals surface area contributed by atoms with E-state index in [4.69, 9.17) is 5.73 Å². The molecular formula is C14H17N3S. The van der Waals surface area contributed by atoms with Gasteiger partial charge in [-0.3, -0.25) is 4.98 Å². The molecule has 1 aromatic carbocycles. The molecule has 1 fully saturated rings. The van der Waals surface area contributed by atoms with Crippen LogP contribution in [-0.2, 0) is 0 Å². The van der Waals surface area contributed by atoms with Crippen molar-refractivity contribution in [2.24, 2.45) is 0 Å². The van der Waals surface area contributed by atoms with Crippen molar-refractivity contribution in [3.63, 3.8) is 0 Å². The number of anilines is 2. The molecule has 94 valence electrons. The van der Waals surface area contributed by atoms with Gasteiger partial charge in [0.2, 0.25) is 0 Å². The fraction of sp³-hybridized carbons (Fsp3) is 0.357. The number of rotatable bonds is 3. The maximum Gasteiger partial charge on any atom is 0.0437 e. The Kier molecular flexibility index (Phi) is 3.28. The van der Waals surface area contributed by atoms with Crippen LogP contribution in [0, 0.1) is 0 Å². The third kappa shape index (κ3) is 2.25. The van der Waals surface area contributed by atoms with Gasteiger partial charge in [-0.15, -0.1) is 0 Å². The Morgan fingerprint density at radius 2 is 2.28 bits per heavy atom. The van der Waals surface area contributed by atoms with E-state index < -0.39 is 0 Å². The largest absolute Gasteiger partial charge is 0.398 e. The first-order valence-corrected chi connectivity index (χ1v) is 7.37. The number of nitrogens with zero attached hydrogens (tertiary/aromatic N) is 1. The first-order valence-electron chi connectivity index (χ1n) is 6.32. The first-order chi connectivity index (χ1) is 8.84. The molecule has 0 radical (unpaired) electrons.